The van der Waals surface area contributed by atoms with E-state index in [1.54, 1.807) is 18.2 Å². The first kappa shape index (κ1) is 16.1. The number of carbonyl (C=O) groups excluding carboxylic acids is 1. The van der Waals surface area contributed by atoms with Crippen molar-refractivity contribution in [2.75, 3.05) is 26.4 Å². The lowest BCUT2D eigenvalue weighted by molar-refractivity contribution is -0.385. The quantitative estimate of drug-likeness (QED) is 0.393. The molecule has 1 aromatic rings. The Bertz CT molecular complexity index is 450. The molecule has 0 aliphatic heterocycles. The van der Waals surface area contributed by atoms with Crippen LogP contribution in [0, 0.1) is 10.1 Å². The largest absolute Gasteiger partial charge is 0.394 e. The summed E-state index contributed by atoms with van der Waals surface area (Å²) in [6.45, 7) is 1.14. The van der Waals surface area contributed by atoms with Gasteiger partial charge in [-0.05, 0) is 6.42 Å². The lowest BCUT2D eigenvalue weighted by atomic mass is 10.1. The molecule has 1 rings (SSSR count). The Balaban J connectivity index is 2.34. The number of hydrogen-bond acceptors (Lipinski definition) is 5. The predicted octanol–water partition coefficient (Wildman–Crippen LogP) is 0.652. The molecule has 20 heavy (non-hydrogen) atoms. The molecule has 0 atom stereocenters. The summed E-state index contributed by atoms with van der Waals surface area (Å²) in [4.78, 5) is 22.0. The Morgan fingerprint density at radius 2 is 2.10 bits per heavy atom. The number of para-hydroxylation sites is 1. The second kappa shape index (κ2) is 9.00. The number of nitro groups is 1. The van der Waals surface area contributed by atoms with Gasteiger partial charge in [-0.3, -0.25) is 14.9 Å². The molecule has 0 heterocycles. The maximum atomic E-state index is 11.7. The fourth-order valence-electron chi connectivity index (χ4n) is 1.64. The Morgan fingerprint density at radius 3 is 2.80 bits per heavy atom. The summed E-state index contributed by atoms with van der Waals surface area (Å²) in [6.07, 6.45) is 0.608. The average Bonchev–Trinajstić information content (AvgIpc) is 2.43. The first-order chi connectivity index (χ1) is 9.65. The molecule has 1 aromatic carbocycles. The number of carbonyl (C=O) groups is 1. The molecule has 0 radical (unpaired) electrons. The number of aliphatic hydroxyl groups excluding tert-OH is 1. The highest BCUT2D eigenvalue weighted by molar-refractivity contribution is 5.79. The number of amides is 1. The molecule has 0 bridgehead atoms. The third-order valence-corrected chi connectivity index (χ3v) is 2.56. The van der Waals surface area contributed by atoms with E-state index in [-0.39, 0.29) is 31.2 Å². The van der Waals surface area contributed by atoms with Crippen LogP contribution in [0.4, 0.5) is 5.69 Å². The third kappa shape index (κ3) is 5.77. The highest BCUT2D eigenvalue weighted by Crippen LogP contribution is 2.17. The van der Waals surface area contributed by atoms with Crippen LogP contribution in [0.25, 0.3) is 0 Å². The SMILES string of the molecule is O=C(Cc1ccccc1[N+](=O)[O-])NCCCOCCO. The van der Waals surface area contributed by atoms with Gasteiger partial charge in [-0.15, -0.1) is 0 Å². The monoisotopic (exact) mass is 282 g/mol. The maximum Gasteiger partial charge on any atom is 0.273 e. The van der Waals surface area contributed by atoms with Crippen molar-refractivity contribution in [2.24, 2.45) is 0 Å². The molecule has 0 unspecified atom stereocenters. The van der Waals surface area contributed by atoms with E-state index < -0.39 is 4.92 Å². The fourth-order valence-corrected chi connectivity index (χ4v) is 1.64. The Labute approximate surface area is 116 Å². The zero-order valence-electron chi connectivity index (χ0n) is 11.1. The van der Waals surface area contributed by atoms with Crippen LogP contribution >= 0.6 is 0 Å². The van der Waals surface area contributed by atoms with Crippen molar-refractivity contribution >= 4 is 11.6 Å². The van der Waals surface area contributed by atoms with Crippen molar-refractivity contribution in [3.05, 3.63) is 39.9 Å². The number of aliphatic hydroxyl groups is 1. The second-order valence-corrected chi connectivity index (χ2v) is 4.10. The van der Waals surface area contributed by atoms with Crippen LogP contribution in [0.5, 0.6) is 0 Å². The average molecular weight is 282 g/mol. The smallest absolute Gasteiger partial charge is 0.273 e. The van der Waals surface area contributed by atoms with E-state index in [1.165, 1.54) is 6.07 Å². The summed E-state index contributed by atoms with van der Waals surface area (Å²) in [5, 5.41) is 22.0. The van der Waals surface area contributed by atoms with Crippen molar-refractivity contribution in [2.45, 2.75) is 12.8 Å². The lowest BCUT2D eigenvalue weighted by Gasteiger charge is -2.06. The molecule has 0 spiro atoms. The van der Waals surface area contributed by atoms with Gasteiger partial charge in [0.2, 0.25) is 5.91 Å². The highest BCUT2D eigenvalue weighted by Gasteiger charge is 2.14. The number of nitrogens with zero attached hydrogens (tertiary/aromatic N) is 1. The van der Waals surface area contributed by atoms with Crippen LogP contribution in [0.15, 0.2) is 24.3 Å². The molecule has 0 aliphatic carbocycles. The summed E-state index contributed by atoms with van der Waals surface area (Å²) < 4.78 is 5.04. The van der Waals surface area contributed by atoms with Gasteiger partial charge in [0.05, 0.1) is 24.6 Å². The van der Waals surface area contributed by atoms with Crippen LogP contribution in [-0.4, -0.2) is 42.3 Å². The molecule has 0 fully saturated rings. The van der Waals surface area contributed by atoms with Crippen LogP contribution in [0.3, 0.4) is 0 Å². The summed E-state index contributed by atoms with van der Waals surface area (Å²) in [6, 6.07) is 6.18. The molecule has 0 saturated carbocycles. The number of nitro benzene ring substituents is 1. The van der Waals surface area contributed by atoms with E-state index >= 15 is 0 Å². The Kier molecular flexibility index (Phi) is 7.23. The molecule has 0 saturated heterocycles. The molecule has 7 nitrogen and oxygen atoms in total. The molecule has 7 heteroatoms. The fraction of sp³-hybridized carbons (Fsp3) is 0.462. The molecular weight excluding hydrogens is 264 g/mol. The topological polar surface area (TPSA) is 102 Å². The first-order valence-electron chi connectivity index (χ1n) is 6.32. The number of hydrogen-bond donors (Lipinski definition) is 2. The Morgan fingerprint density at radius 1 is 1.35 bits per heavy atom. The minimum absolute atomic E-state index is 0.0192. The number of rotatable bonds is 9. The van der Waals surface area contributed by atoms with Gasteiger partial charge in [0.25, 0.3) is 5.69 Å². The van der Waals surface area contributed by atoms with E-state index in [4.69, 9.17) is 9.84 Å². The van der Waals surface area contributed by atoms with Gasteiger partial charge < -0.3 is 15.2 Å². The van der Waals surface area contributed by atoms with Gasteiger partial charge >= 0.3 is 0 Å². The Hall–Kier alpha value is -1.99. The lowest BCUT2D eigenvalue weighted by Crippen LogP contribution is -2.27. The zero-order chi connectivity index (χ0) is 14.8. The van der Waals surface area contributed by atoms with Crippen molar-refractivity contribution in [3.8, 4) is 0 Å². The molecule has 0 aromatic heterocycles. The van der Waals surface area contributed by atoms with Gasteiger partial charge in [-0.2, -0.15) is 0 Å². The molecular formula is C13H18N2O5. The van der Waals surface area contributed by atoms with Gasteiger partial charge in [0, 0.05) is 24.8 Å². The van der Waals surface area contributed by atoms with Gasteiger partial charge in [-0.25, -0.2) is 0 Å². The second-order valence-electron chi connectivity index (χ2n) is 4.10. The van der Waals surface area contributed by atoms with E-state index in [0.29, 0.717) is 25.1 Å². The van der Waals surface area contributed by atoms with E-state index in [9.17, 15) is 14.9 Å². The van der Waals surface area contributed by atoms with E-state index in [2.05, 4.69) is 5.32 Å². The first-order valence-corrected chi connectivity index (χ1v) is 6.32. The van der Waals surface area contributed by atoms with Crippen molar-refractivity contribution in [3.63, 3.8) is 0 Å². The van der Waals surface area contributed by atoms with Crippen LogP contribution in [0.1, 0.15) is 12.0 Å². The summed E-state index contributed by atoms with van der Waals surface area (Å²) in [7, 11) is 0. The van der Waals surface area contributed by atoms with Crippen LogP contribution < -0.4 is 5.32 Å². The summed E-state index contributed by atoms with van der Waals surface area (Å²) in [5.74, 6) is -0.263. The number of benzene rings is 1. The van der Waals surface area contributed by atoms with E-state index in [0.717, 1.165) is 0 Å². The van der Waals surface area contributed by atoms with Gasteiger partial charge in [0.15, 0.2) is 0 Å². The highest BCUT2D eigenvalue weighted by atomic mass is 16.6. The number of ether oxygens (including phenoxy) is 1. The van der Waals surface area contributed by atoms with Crippen LogP contribution in [0.2, 0.25) is 0 Å². The minimum Gasteiger partial charge on any atom is -0.394 e. The summed E-state index contributed by atoms with van der Waals surface area (Å²) >= 11 is 0. The van der Waals surface area contributed by atoms with Crippen molar-refractivity contribution in [1.82, 2.24) is 5.32 Å². The third-order valence-electron chi connectivity index (χ3n) is 2.56. The van der Waals surface area contributed by atoms with Gasteiger partial charge in [-0.1, -0.05) is 18.2 Å². The van der Waals surface area contributed by atoms with Crippen molar-refractivity contribution < 1.29 is 19.6 Å². The standard InChI is InChI=1S/C13H18N2O5/c16-7-9-20-8-3-6-14-13(17)10-11-4-1-2-5-12(11)15(18)19/h1-2,4-5,16H,3,6-10H2,(H,14,17). The molecule has 110 valence electrons. The van der Waals surface area contributed by atoms with Crippen molar-refractivity contribution in [1.29, 1.82) is 0 Å². The molecule has 0 aliphatic rings. The zero-order valence-corrected chi connectivity index (χ0v) is 11.1. The summed E-state index contributed by atoms with van der Waals surface area (Å²) in [5.41, 5.74) is 0.348. The van der Waals surface area contributed by atoms with Crippen LogP contribution in [-0.2, 0) is 16.0 Å². The molecule has 2 N–H and O–H groups in total. The predicted molar refractivity (Wildman–Crippen MR) is 72.3 cm³/mol. The molecule has 1 amide bonds. The maximum absolute atomic E-state index is 11.7. The van der Waals surface area contributed by atoms with Gasteiger partial charge in [0.1, 0.15) is 0 Å². The minimum atomic E-state index is -0.495. The van der Waals surface area contributed by atoms with E-state index in [1.807, 2.05) is 0 Å². The number of nitrogens with one attached hydrogen (secondary N) is 1. The normalized spacial score (nSPS) is 10.2.